The highest BCUT2D eigenvalue weighted by atomic mass is 127. The Morgan fingerprint density at radius 2 is 1.45 bits per heavy atom. The van der Waals surface area contributed by atoms with Crippen molar-refractivity contribution < 1.29 is 23.1 Å². The third-order valence-electron chi connectivity index (χ3n) is 2.89. The van der Waals surface area contributed by atoms with Gasteiger partial charge in [-0.15, -0.1) is 0 Å². The fourth-order valence-electron chi connectivity index (χ4n) is 1.79. The minimum atomic E-state index is -3.93. The van der Waals surface area contributed by atoms with Crippen molar-refractivity contribution >= 4 is 44.4 Å². The van der Waals surface area contributed by atoms with E-state index in [2.05, 4.69) is 0 Å². The lowest BCUT2D eigenvalue weighted by molar-refractivity contribution is 0.0696. The van der Waals surface area contributed by atoms with Crippen LogP contribution in [0.15, 0.2) is 47.4 Å². The van der Waals surface area contributed by atoms with E-state index >= 15 is 0 Å². The number of rotatable bonds is 4. The van der Waals surface area contributed by atoms with E-state index in [-0.39, 0.29) is 21.6 Å². The van der Waals surface area contributed by atoms with Crippen molar-refractivity contribution in [1.29, 1.82) is 0 Å². The summed E-state index contributed by atoms with van der Waals surface area (Å²) < 4.78 is 23.4. The molecule has 0 aromatic heterocycles. The SMILES string of the molecule is NS(=O)(=O)c1cc(C(=O)c2ccc(C(=O)O)cc2)ccc1I. The number of carbonyl (C=O) groups excluding carboxylic acids is 1. The van der Waals surface area contributed by atoms with Crippen molar-refractivity contribution in [3.8, 4) is 0 Å². The van der Waals surface area contributed by atoms with Crippen LogP contribution in [0, 0.1) is 3.57 Å². The van der Waals surface area contributed by atoms with Crippen LogP contribution in [0.3, 0.4) is 0 Å². The normalized spacial score (nSPS) is 11.2. The highest BCUT2D eigenvalue weighted by molar-refractivity contribution is 14.1. The number of nitrogens with two attached hydrogens (primary N) is 1. The lowest BCUT2D eigenvalue weighted by atomic mass is 10.0. The van der Waals surface area contributed by atoms with Crippen molar-refractivity contribution in [2.45, 2.75) is 4.90 Å². The van der Waals surface area contributed by atoms with Gasteiger partial charge in [-0.1, -0.05) is 12.1 Å². The molecule has 2 aromatic rings. The third-order valence-corrected chi connectivity index (χ3v) is 5.15. The number of ketones is 1. The summed E-state index contributed by atoms with van der Waals surface area (Å²) in [5.74, 6) is -1.51. The van der Waals surface area contributed by atoms with E-state index in [0.29, 0.717) is 3.57 Å². The van der Waals surface area contributed by atoms with Crippen LogP contribution in [-0.4, -0.2) is 25.3 Å². The van der Waals surface area contributed by atoms with Crippen LogP contribution in [-0.2, 0) is 10.0 Å². The number of carboxylic acids is 1. The Kier molecular flexibility index (Phi) is 4.63. The molecule has 2 aromatic carbocycles. The average molecular weight is 431 g/mol. The van der Waals surface area contributed by atoms with Gasteiger partial charge in [0, 0.05) is 14.7 Å². The number of halogens is 1. The summed E-state index contributed by atoms with van der Waals surface area (Å²) in [5.41, 5.74) is 0.475. The zero-order valence-corrected chi connectivity index (χ0v) is 14.0. The molecular formula is C14H10INO5S. The molecule has 0 bridgehead atoms. The van der Waals surface area contributed by atoms with Crippen LogP contribution in [0.4, 0.5) is 0 Å². The molecule has 2 rings (SSSR count). The first-order valence-electron chi connectivity index (χ1n) is 5.90. The van der Waals surface area contributed by atoms with E-state index in [9.17, 15) is 18.0 Å². The number of aromatic carboxylic acids is 1. The number of carboxylic acid groups (broad SMARTS) is 1. The number of hydrogen-bond donors (Lipinski definition) is 2. The summed E-state index contributed by atoms with van der Waals surface area (Å²) in [6.07, 6.45) is 0. The average Bonchev–Trinajstić information content (AvgIpc) is 2.46. The van der Waals surface area contributed by atoms with E-state index in [0.717, 1.165) is 0 Å². The lowest BCUT2D eigenvalue weighted by Gasteiger charge is -2.06. The molecule has 0 saturated carbocycles. The predicted molar refractivity (Wildman–Crippen MR) is 87.4 cm³/mol. The molecule has 0 saturated heterocycles. The highest BCUT2D eigenvalue weighted by Gasteiger charge is 2.17. The molecule has 8 heteroatoms. The second-order valence-corrected chi connectivity index (χ2v) is 7.09. The number of benzene rings is 2. The van der Waals surface area contributed by atoms with Crippen LogP contribution in [0.1, 0.15) is 26.3 Å². The minimum absolute atomic E-state index is 0.0596. The number of hydrogen-bond acceptors (Lipinski definition) is 4. The maximum Gasteiger partial charge on any atom is 0.335 e. The first-order valence-corrected chi connectivity index (χ1v) is 8.53. The zero-order valence-electron chi connectivity index (χ0n) is 11.0. The smallest absolute Gasteiger partial charge is 0.335 e. The monoisotopic (exact) mass is 431 g/mol. The second-order valence-electron chi connectivity index (χ2n) is 4.40. The Hall–Kier alpha value is -1.78. The van der Waals surface area contributed by atoms with E-state index in [1.807, 2.05) is 22.6 Å². The Balaban J connectivity index is 2.44. The Bertz CT molecular complexity index is 859. The summed E-state index contributed by atoms with van der Waals surface area (Å²) in [6, 6.07) is 9.56. The molecule has 0 aliphatic carbocycles. The molecule has 3 N–H and O–H groups in total. The van der Waals surface area contributed by atoms with E-state index in [4.69, 9.17) is 10.2 Å². The standard InChI is InChI=1S/C14H10INO5S/c15-11-6-5-10(7-12(11)22(16,20)21)13(17)8-1-3-9(4-2-8)14(18)19/h1-7H,(H,18,19)(H2,16,20,21). The second kappa shape index (κ2) is 6.15. The lowest BCUT2D eigenvalue weighted by Crippen LogP contribution is -2.15. The molecule has 0 unspecified atom stereocenters. The quantitative estimate of drug-likeness (QED) is 0.567. The molecule has 0 heterocycles. The van der Waals surface area contributed by atoms with Gasteiger partial charge in [-0.05, 0) is 52.9 Å². The van der Waals surface area contributed by atoms with Gasteiger partial charge in [0.05, 0.1) is 10.5 Å². The molecule has 114 valence electrons. The summed E-state index contributed by atoms with van der Waals surface area (Å²) >= 11 is 1.82. The molecule has 0 atom stereocenters. The van der Waals surface area contributed by atoms with E-state index in [1.54, 1.807) is 0 Å². The highest BCUT2D eigenvalue weighted by Crippen LogP contribution is 2.20. The van der Waals surface area contributed by atoms with Crippen LogP contribution in [0.25, 0.3) is 0 Å². The van der Waals surface area contributed by atoms with Gasteiger partial charge in [-0.3, -0.25) is 4.79 Å². The fraction of sp³-hybridized carbons (Fsp3) is 0. The Labute approximate surface area is 140 Å². The van der Waals surface area contributed by atoms with Crippen molar-refractivity contribution in [2.24, 2.45) is 5.14 Å². The van der Waals surface area contributed by atoms with Crippen LogP contribution in [0.5, 0.6) is 0 Å². The minimum Gasteiger partial charge on any atom is -0.478 e. The van der Waals surface area contributed by atoms with Crippen LogP contribution >= 0.6 is 22.6 Å². The van der Waals surface area contributed by atoms with Gasteiger partial charge in [-0.25, -0.2) is 18.4 Å². The largest absolute Gasteiger partial charge is 0.478 e. The summed E-state index contributed by atoms with van der Waals surface area (Å²) in [4.78, 5) is 23.0. The van der Waals surface area contributed by atoms with E-state index < -0.39 is 21.8 Å². The molecule has 0 amide bonds. The van der Waals surface area contributed by atoms with Gasteiger partial charge >= 0.3 is 5.97 Å². The van der Waals surface area contributed by atoms with E-state index in [1.165, 1.54) is 42.5 Å². The number of primary sulfonamides is 1. The molecule has 0 aliphatic heterocycles. The first kappa shape index (κ1) is 16.6. The molecule has 0 spiro atoms. The van der Waals surface area contributed by atoms with Gasteiger partial charge < -0.3 is 5.11 Å². The zero-order chi connectivity index (χ0) is 16.5. The topological polar surface area (TPSA) is 115 Å². The van der Waals surface area contributed by atoms with Crippen molar-refractivity contribution in [2.75, 3.05) is 0 Å². The summed E-state index contributed by atoms with van der Waals surface area (Å²) in [7, 11) is -3.93. The Morgan fingerprint density at radius 3 is 1.95 bits per heavy atom. The molecule has 0 fully saturated rings. The Morgan fingerprint density at radius 1 is 0.955 bits per heavy atom. The van der Waals surface area contributed by atoms with Crippen LogP contribution in [0.2, 0.25) is 0 Å². The molecular weight excluding hydrogens is 421 g/mol. The summed E-state index contributed by atoms with van der Waals surface area (Å²) in [5, 5.41) is 13.9. The first-order chi connectivity index (χ1) is 10.2. The maximum absolute atomic E-state index is 12.3. The molecule has 22 heavy (non-hydrogen) atoms. The van der Waals surface area contributed by atoms with Gasteiger partial charge in [0.15, 0.2) is 5.78 Å². The maximum atomic E-state index is 12.3. The van der Waals surface area contributed by atoms with Crippen molar-refractivity contribution in [3.63, 3.8) is 0 Å². The van der Waals surface area contributed by atoms with Gasteiger partial charge in [0.2, 0.25) is 10.0 Å². The van der Waals surface area contributed by atoms with Crippen molar-refractivity contribution in [1.82, 2.24) is 0 Å². The predicted octanol–water partition coefficient (Wildman–Crippen LogP) is 1.87. The summed E-state index contributed by atoms with van der Waals surface area (Å²) in [6.45, 7) is 0. The fourth-order valence-corrected chi connectivity index (χ4v) is 3.68. The molecule has 0 radical (unpaired) electrons. The third kappa shape index (κ3) is 3.51. The van der Waals surface area contributed by atoms with Crippen LogP contribution < -0.4 is 5.14 Å². The molecule has 0 aliphatic rings. The van der Waals surface area contributed by atoms with Crippen molar-refractivity contribution in [3.05, 3.63) is 62.7 Å². The van der Waals surface area contributed by atoms with Gasteiger partial charge in [0.25, 0.3) is 0 Å². The number of sulfonamides is 1. The van der Waals surface area contributed by atoms with Gasteiger partial charge in [-0.2, -0.15) is 0 Å². The number of carbonyl (C=O) groups is 2. The molecule has 6 nitrogen and oxygen atoms in total. The van der Waals surface area contributed by atoms with Gasteiger partial charge in [0.1, 0.15) is 0 Å².